The molecule has 0 unspecified atom stereocenters. The second-order valence-electron chi connectivity index (χ2n) is 6.58. The van der Waals surface area contributed by atoms with Gasteiger partial charge in [-0.15, -0.1) is 0 Å². The van der Waals surface area contributed by atoms with Crippen molar-refractivity contribution in [3.63, 3.8) is 0 Å². The Balaban J connectivity index is 2.41. The van der Waals surface area contributed by atoms with Gasteiger partial charge in [-0.25, -0.2) is 4.98 Å². The molecule has 1 N–H and O–H groups in total. The van der Waals surface area contributed by atoms with Crippen molar-refractivity contribution in [3.05, 3.63) is 29.6 Å². The van der Waals surface area contributed by atoms with Crippen LogP contribution in [-0.4, -0.2) is 15.6 Å². The molecular weight excluding hydrogens is 234 g/mol. The Morgan fingerprint density at radius 2 is 1.95 bits per heavy atom. The summed E-state index contributed by atoms with van der Waals surface area (Å²) in [6.07, 6.45) is 0. The van der Waals surface area contributed by atoms with Crippen LogP contribution in [-0.2, 0) is 19.0 Å². The third-order valence-corrected chi connectivity index (χ3v) is 3.51. The van der Waals surface area contributed by atoms with E-state index in [4.69, 9.17) is 4.98 Å². The zero-order valence-electron chi connectivity index (χ0n) is 12.9. The second kappa shape index (κ2) is 4.97. The summed E-state index contributed by atoms with van der Waals surface area (Å²) in [7, 11) is 2.10. The average Bonchev–Trinajstić information content (AvgIpc) is 2.62. The summed E-state index contributed by atoms with van der Waals surface area (Å²) in [6, 6.07) is 7.07. The zero-order valence-corrected chi connectivity index (χ0v) is 12.9. The molecule has 0 spiro atoms. The molecule has 0 bridgehead atoms. The first kappa shape index (κ1) is 14.1. The van der Waals surface area contributed by atoms with E-state index >= 15 is 0 Å². The van der Waals surface area contributed by atoms with Gasteiger partial charge in [0, 0.05) is 13.1 Å². The van der Waals surface area contributed by atoms with Gasteiger partial charge in [-0.3, -0.25) is 0 Å². The number of nitrogens with zero attached hydrogens (tertiary/aromatic N) is 2. The third kappa shape index (κ3) is 2.98. The normalized spacial score (nSPS) is 12.6. The molecule has 0 aliphatic carbocycles. The van der Waals surface area contributed by atoms with Gasteiger partial charge in [0.2, 0.25) is 0 Å². The summed E-state index contributed by atoms with van der Waals surface area (Å²) < 4.78 is 2.19. The van der Waals surface area contributed by atoms with Crippen LogP contribution in [0.25, 0.3) is 11.0 Å². The minimum absolute atomic E-state index is 0.175. The molecule has 1 aromatic heterocycles. The number of hydrogen-bond acceptors (Lipinski definition) is 2. The highest BCUT2D eigenvalue weighted by Gasteiger charge is 2.16. The molecular formula is C16H25N3. The van der Waals surface area contributed by atoms with Gasteiger partial charge in [-0.2, -0.15) is 0 Å². The topological polar surface area (TPSA) is 29.9 Å². The van der Waals surface area contributed by atoms with Gasteiger partial charge in [0.05, 0.1) is 17.6 Å². The predicted octanol–water partition coefficient (Wildman–Crippen LogP) is 3.37. The van der Waals surface area contributed by atoms with Crippen molar-refractivity contribution in [1.82, 2.24) is 14.9 Å². The van der Waals surface area contributed by atoms with Crippen molar-refractivity contribution in [2.75, 3.05) is 0 Å². The lowest BCUT2D eigenvalue weighted by Gasteiger charge is -2.18. The standard InChI is InChI=1S/C16H25N3/c1-11(2)17-10-15-18-13-8-7-12(16(3,4)5)9-14(13)19(15)6/h7-9,11,17H,10H2,1-6H3. The number of aromatic nitrogens is 2. The van der Waals surface area contributed by atoms with E-state index in [1.807, 2.05) is 0 Å². The minimum Gasteiger partial charge on any atom is -0.330 e. The summed E-state index contributed by atoms with van der Waals surface area (Å²) >= 11 is 0. The highest BCUT2D eigenvalue weighted by Crippen LogP contribution is 2.26. The molecule has 0 aliphatic heterocycles. The highest BCUT2D eigenvalue weighted by atomic mass is 15.1. The number of fused-ring (bicyclic) bond motifs is 1. The highest BCUT2D eigenvalue weighted by molar-refractivity contribution is 5.77. The first-order chi connectivity index (χ1) is 8.79. The first-order valence-electron chi connectivity index (χ1n) is 6.98. The van der Waals surface area contributed by atoms with E-state index in [0.29, 0.717) is 6.04 Å². The molecule has 1 aromatic carbocycles. The van der Waals surface area contributed by atoms with Crippen LogP contribution in [0.5, 0.6) is 0 Å². The van der Waals surface area contributed by atoms with Crippen LogP contribution in [0.4, 0.5) is 0 Å². The third-order valence-electron chi connectivity index (χ3n) is 3.51. The molecule has 3 heteroatoms. The largest absolute Gasteiger partial charge is 0.330 e. The molecule has 0 fully saturated rings. The van der Waals surface area contributed by atoms with Gasteiger partial charge in [0.15, 0.2) is 0 Å². The van der Waals surface area contributed by atoms with E-state index in [2.05, 4.69) is 69.7 Å². The van der Waals surface area contributed by atoms with Gasteiger partial charge in [0.1, 0.15) is 5.82 Å². The molecule has 2 aromatic rings. The predicted molar refractivity (Wildman–Crippen MR) is 81.4 cm³/mol. The van der Waals surface area contributed by atoms with Crippen LogP contribution < -0.4 is 5.32 Å². The van der Waals surface area contributed by atoms with Crippen LogP contribution in [0.3, 0.4) is 0 Å². The smallest absolute Gasteiger partial charge is 0.123 e. The fourth-order valence-electron chi connectivity index (χ4n) is 2.16. The van der Waals surface area contributed by atoms with Crippen molar-refractivity contribution in [3.8, 4) is 0 Å². The fraction of sp³-hybridized carbons (Fsp3) is 0.562. The van der Waals surface area contributed by atoms with E-state index in [9.17, 15) is 0 Å². The Morgan fingerprint density at radius 3 is 2.53 bits per heavy atom. The second-order valence-corrected chi connectivity index (χ2v) is 6.58. The molecule has 2 rings (SSSR count). The number of nitrogens with one attached hydrogen (secondary N) is 1. The van der Waals surface area contributed by atoms with Crippen molar-refractivity contribution in [1.29, 1.82) is 0 Å². The Bertz CT molecular complexity index is 573. The van der Waals surface area contributed by atoms with Gasteiger partial charge in [-0.1, -0.05) is 40.7 Å². The molecule has 3 nitrogen and oxygen atoms in total. The van der Waals surface area contributed by atoms with Crippen LogP contribution in [0.1, 0.15) is 46.0 Å². The van der Waals surface area contributed by atoms with Crippen molar-refractivity contribution < 1.29 is 0 Å². The summed E-state index contributed by atoms with van der Waals surface area (Å²) in [6.45, 7) is 11.8. The van der Waals surface area contributed by atoms with Crippen LogP contribution in [0, 0.1) is 0 Å². The molecule has 0 aliphatic rings. The molecule has 0 saturated heterocycles. The van der Waals surface area contributed by atoms with E-state index in [-0.39, 0.29) is 5.41 Å². The van der Waals surface area contributed by atoms with Crippen LogP contribution >= 0.6 is 0 Å². The maximum absolute atomic E-state index is 4.71. The van der Waals surface area contributed by atoms with E-state index in [1.165, 1.54) is 11.1 Å². The van der Waals surface area contributed by atoms with Crippen molar-refractivity contribution >= 4 is 11.0 Å². The maximum atomic E-state index is 4.71. The molecule has 0 amide bonds. The Morgan fingerprint density at radius 1 is 1.26 bits per heavy atom. The fourth-order valence-corrected chi connectivity index (χ4v) is 2.16. The maximum Gasteiger partial charge on any atom is 0.123 e. The molecule has 1 heterocycles. The van der Waals surface area contributed by atoms with Crippen molar-refractivity contribution in [2.45, 2.75) is 52.6 Å². The number of aryl methyl sites for hydroxylation is 1. The van der Waals surface area contributed by atoms with E-state index in [0.717, 1.165) is 17.9 Å². The first-order valence-corrected chi connectivity index (χ1v) is 6.98. The van der Waals surface area contributed by atoms with E-state index in [1.54, 1.807) is 0 Å². The summed E-state index contributed by atoms with van der Waals surface area (Å²) in [5.41, 5.74) is 3.82. The summed E-state index contributed by atoms with van der Waals surface area (Å²) in [5, 5.41) is 3.43. The molecule has 104 valence electrons. The molecule has 0 saturated carbocycles. The van der Waals surface area contributed by atoms with Gasteiger partial charge in [0.25, 0.3) is 0 Å². The quantitative estimate of drug-likeness (QED) is 0.916. The zero-order chi connectivity index (χ0) is 14.2. The minimum atomic E-state index is 0.175. The monoisotopic (exact) mass is 259 g/mol. The van der Waals surface area contributed by atoms with Gasteiger partial charge >= 0.3 is 0 Å². The lowest BCUT2D eigenvalue weighted by atomic mass is 9.87. The molecule has 19 heavy (non-hydrogen) atoms. The Labute approximate surface area is 116 Å². The van der Waals surface area contributed by atoms with Crippen LogP contribution in [0.15, 0.2) is 18.2 Å². The summed E-state index contributed by atoms with van der Waals surface area (Å²) in [5.74, 6) is 1.09. The lowest BCUT2D eigenvalue weighted by Crippen LogP contribution is -2.23. The number of hydrogen-bond donors (Lipinski definition) is 1. The van der Waals surface area contributed by atoms with Gasteiger partial charge in [-0.05, 0) is 23.1 Å². The Kier molecular flexibility index (Phi) is 3.68. The van der Waals surface area contributed by atoms with Crippen molar-refractivity contribution in [2.24, 2.45) is 7.05 Å². The average molecular weight is 259 g/mol. The van der Waals surface area contributed by atoms with Gasteiger partial charge < -0.3 is 9.88 Å². The lowest BCUT2D eigenvalue weighted by molar-refractivity contribution is 0.563. The summed E-state index contributed by atoms with van der Waals surface area (Å²) in [4.78, 5) is 4.71. The molecule has 0 radical (unpaired) electrons. The van der Waals surface area contributed by atoms with Crippen LogP contribution in [0.2, 0.25) is 0 Å². The molecule has 0 atom stereocenters. The number of rotatable bonds is 3. The SMILES string of the molecule is CC(C)NCc1nc2ccc(C(C)(C)C)cc2n1C. The Hall–Kier alpha value is -1.35. The van der Waals surface area contributed by atoms with E-state index < -0.39 is 0 Å². The number of imidazole rings is 1. The number of benzene rings is 1.